The highest BCUT2D eigenvalue weighted by atomic mass is 16.5. The van der Waals surface area contributed by atoms with Gasteiger partial charge in [0.15, 0.2) is 23.4 Å². The molecule has 4 atom stereocenters. The van der Waals surface area contributed by atoms with Crippen molar-refractivity contribution in [3.63, 3.8) is 0 Å². The van der Waals surface area contributed by atoms with Crippen molar-refractivity contribution in [1.82, 2.24) is 25.6 Å². The number of carbonyl (C=O) groups is 2. The van der Waals surface area contributed by atoms with Gasteiger partial charge in [0.2, 0.25) is 17.7 Å². The highest BCUT2D eigenvalue weighted by molar-refractivity contribution is 6.07. The minimum Gasteiger partial charge on any atom is -0.469 e. The van der Waals surface area contributed by atoms with Crippen molar-refractivity contribution in [2.24, 2.45) is 5.92 Å². The summed E-state index contributed by atoms with van der Waals surface area (Å²) in [7, 11) is 0. The van der Waals surface area contributed by atoms with E-state index in [1.165, 1.54) is 0 Å². The summed E-state index contributed by atoms with van der Waals surface area (Å²) < 4.78 is 20.4. The van der Waals surface area contributed by atoms with E-state index in [9.17, 15) is 14.7 Å². The van der Waals surface area contributed by atoms with E-state index in [2.05, 4.69) is 45.2 Å². The van der Waals surface area contributed by atoms with Crippen molar-refractivity contribution in [3.05, 3.63) is 95.3 Å². The van der Waals surface area contributed by atoms with E-state index in [1.54, 1.807) is 20.0 Å². The number of para-hydroxylation sites is 1. The number of fused-ring (bicyclic) bond motifs is 7. The average molecular weight is 711 g/mol. The zero-order valence-electron chi connectivity index (χ0n) is 29.7. The van der Waals surface area contributed by atoms with Gasteiger partial charge in [-0.1, -0.05) is 70.2 Å². The van der Waals surface area contributed by atoms with Gasteiger partial charge in [-0.05, 0) is 42.0 Å². The molecule has 1 unspecified atom stereocenters. The molecular formula is C41H38N6O6. The number of rotatable bonds is 5. The monoisotopic (exact) mass is 710 g/mol. The van der Waals surface area contributed by atoms with E-state index < -0.39 is 41.1 Å². The zero-order chi connectivity index (χ0) is 36.4. The van der Waals surface area contributed by atoms with E-state index in [-0.39, 0.29) is 37.0 Å². The molecule has 53 heavy (non-hydrogen) atoms. The molecule has 4 aliphatic heterocycles. The minimum atomic E-state index is -1.61. The highest BCUT2D eigenvalue weighted by Gasteiger charge is 2.61. The molecule has 6 aromatic rings. The SMILES string of the molecule is CCC(O)(CC)C(=O)N[C@H]1Cc2ccc3c(c2)[C@]24c5cccc(c5NC2O3)-c2cccc3[nH]cc(c23)-c2cnc(o2)-c2nc(oc24)[C@H](C(C)C)NC1=O. The first-order chi connectivity index (χ1) is 25.6. The molecule has 0 fully saturated rings. The Labute approximate surface area is 304 Å². The van der Waals surface area contributed by atoms with Gasteiger partial charge < -0.3 is 39.6 Å². The van der Waals surface area contributed by atoms with Gasteiger partial charge in [-0.15, -0.1) is 0 Å². The predicted octanol–water partition coefficient (Wildman–Crippen LogP) is 6.34. The number of hydrogen-bond acceptors (Lipinski definition) is 9. The summed E-state index contributed by atoms with van der Waals surface area (Å²) in [5.41, 5.74) is 5.00. The number of ether oxygens (including phenoxy) is 1. The van der Waals surface area contributed by atoms with Crippen LogP contribution in [-0.2, 0) is 21.4 Å². The van der Waals surface area contributed by atoms with Crippen LogP contribution in [0.3, 0.4) is 0 Å². The van der Waals surface area contributed by atoms with Crippen LogP contribution in [0.25, 0.3) is 44.9 Å². The van der Waals surface area contributed by atoms with Crippen molar-refractivity contribution >= 4 is 28.4 Å². The number of hydrogen-bond donors (Lipinski definition) is 5. The Balaban J connectivity index is 1.27. The van der Waals surface area contributed by atoms with Crippen LogP contribution in [0.5, 0.6) is 5.75 Å². The fraction of sp³-hybridized carbons (Fsp3) is 0.317. The molecule has 12 heteroatoms. The van der Waals surface area contributed by atoms with Crippen molar-refractivity contribution in [3.8, 4) is 39.8 Å². The minimum absolute atomic E-state index is 0.168. The Morgan fingerprint density at radius 2 is 1.85 bits per heavy atom. The Morgan fingerprint density at radius 3 is 2.66 bits per heavy atom. The summed E-state index contributed by atoms with van der Waals surface area (Å²) in [6.07, 6.45) is 3.58. The van der Waals surface area contributed by atoms with E-state index in [0.717, 1.165) is 50.0 Å². The number of aromatic nitrogens is 3. The predicted molar refractivity (Wildman–Crippen MR) is 196 cm³/mol. The standard InChI is InChI=1S/C41H38N6O6/c1-5-40(50,6-2)38(49)44-27-16-20-13-14-28-25(15-20)41-24-11-7-10-22(32(24)47-39(41)52-28)21-9-8-12-26-30(21)23(17-42-26)29-18-43-36(51-29)33-34(41)53-37(46-33)31(19(3)4)45-35(27)48/h7-15,17-19,27,31,39,42,47,50H,5-6,16H2,1-4H3,(H,44,49)(H,45,48)/t27-,31-,39?,41-/m0/s1. The van der Waals surface area contributed by atoms with E-state index in [1.807, 2.05) is 50.4 Å². The number of nitrogens with one attached hydrogen (secondary N) is 4. The lowest BCUT2D eigenvalue weighted by atomic mass is 9.72. The summed E-state index contributed by atoms with van der Waals surface area (Å²) >= 11 is 0. The van der Waals surface area contributed by atoms with Gasteiger partial charge in [0.25, 0.3) is 5.91 Å². The molecule has 10 rings (SSSR count). The number of carbonyl (C=O) groups excluding carboxylic acids is 2. The molecule has 2 amide bonds. The van der Waals surface area contributed by atoms with Gasteiger partial charge in [-0.2, -0.15) is 0 Å². The van der Waals surface area contributed by atoms with Crippen LogP contribution < -0.4 is 20.7 Å². The molecule has 10 bridgehead atoms. The van der Waals surface area contributed by atoms with E-state index in [0.29, 0.717) is 23.0 Å². The van der Waals surface area contributed by atoms with Crippen molar-refractivity contribution in [1.29, 1.82) is 0 Å². The number of amides is 2. The lowest BCUT2D eigenvalue weighted by Crippen LogP contribution is -2.55. The number of H-pyrrole nitrogens is 1. The van der Waals surface area contributed by atoms with Gasteiger partial charge in [0.05, 0.1) is 6.20 Å². The molecule has 12 nitrogen and oxygen atoms in total. The van der Waals surface area contributed by atoms with Gasteiger partial charge in [0.1, 0.15) is 28.8 Å². The Kier molecular flexibility index (Phi) is 6.64. The number of aliphatic hydroxyl groups is 1. The normalized spacial score (nSPS) is 22.0. The summed E-state index contributed by atoms with van der Waals surface area (Å²) in [6, 6.07) is 16.6. The van der Waals surface area contributed by atoms with E-state index >= 15 is 0 Å². The summed E-state index contributed by atoms with van der Waals surface area (Å²) in [5, 5.41) is 21.9. The molecular weight excluding hydrogens is 672 g/mol. The maximum atomic E-state index is 14.3. The number of benzene rings is 3. The van der Waals surface area contributed by atoms with Crippen LogP contribution in [0.2, 0.25) is 0 Å². The second-order valence-corrected chi connectivity index (χ2v) is 14.9. The third-order valence-electron chi connectivity index (χ3n) is 11.7. The van der Waals surface area contributed by atoms with Crippen LogP contribution in [0.15, 0.2) is 75.8 Å². The third kappa shape index (κ3) is 4.26. The zero-order valence-corrected chi connectivity index (χ0v) is 29.7. The molecule has 0 aliphatic carbocycles. The lowest BCUT2D eigenvalue weighted by molar-refractivity contribution is -0.143. The highest BCUT2D eigenvalue weighted by Crippen LogP contribution is 2.61. The van der Waals surface area contributed by atoms with Crippen molar-refractivity contribution in [2.75, 3.05) is 5.32 Å². The van der Waals surface area contributed by atoms with Gasteiger partial charge >= 0.3 is 0 Å². The first-order valence-corrected chi connectivity index (χ1v) is 18.3. The van der Waals surface area contributed by atoms with Gasteiger partial charge in [0, 0.05) is 51.5 Å². The van der Waals surface area contributed by atoms with Gasteiger partial charge in [-0.25, -0.2) is 9.97 Å². The van der Waals surface area contributed by atoms with Crippen molar-refractivity contribution in [2.45, 2.75) is 76.3 Å². The quantitative estimate of drug-likeness (QED) is 0.137. The lowest BCUT2D eigenvalue weighted by Gasteiger charge is -2.30. The topological polar surface area (TPSA) is 168 Å². The molecule has 1 spiro atoms. The van der Waals surface area contributed by atoms with Gasteiger partial charge in [-0.3, -0.25) is 9.59 Å². The van der Waals surface area contributed by atoms with Crippen LogP contribution >= 0.6 is 0 Å². The molecule has 4 aliphatic rings. The Bertz CT molecular complexity index is 2510. The maximum Gasteiger partial charge on any atom is 0.252 e. The second-order valence-electron chi connectivity index (χ2n) is 14.9. The third-order valence-corrected chi connectivity index (χ3v) is 11.7. The molecule has 0 saturated carbocycles. The molecule has 7 heterocycles. The fourth-order valence-corrected chi connectivity index (χ4v) is 8.72. The molecule has 0 radical (unpaired) electrons. The molecule has 3 aromatic carbocycles. The maximum absolute atomic E-state index is 14.3. The van der Waals surface area contributed by atoms with Crippen LogP contribution in [0.4, 0.5) is 5.69 Å². The average Bonchev–Trinajstić information content (AvgIpc) is 3.99. The van der Waals surface area contributed by atoms with Crippen LogP contribution in [0, 0.1) is 5.92 Å². The number of anilines is 1. The first-order valence-electron chi connectivity index (χ1n) is 18.3. The summed E-state index contributed by atoms with van der Waals surface area (Å²) in [4.78, 5) is 41.1. The van der Waals surface area contributed by atoms with E-state index in [4.69, 9.17) is 23.5 Å². The van der Waals surface area contributed by atoms with Crippen molar-refractivity contribution < 1.29 is 28.3 Å². The number of aromatic amines is 1. The summed E-state index contributed by atoms with van der Waals surface area (Å²) in [5.74, 6) is 1.06. The van der Waals surface area contributed by atoms with Crippen LogP contribution in [-0.4, -0.2) is 49.7 Å². The Morgan fingerprint density at radius 1 is 1.04 bits per heavy atom. The molecule has 0 saturated heterocycles. The fourth-order valence-electron chi connectivity index (χ4n) is 8.72. The summed E-state index contributed by atoms with van der Waals surface area (Å²) in [6.45, 7) is 7.45. The smallest absolute Gasteiger partial charge is 0.252 e. The first kappa shape index (κ1) is 31.8. The second kappa shape index (κ2) is 11.1. The molecule has 5 N–H and O–H groups in total. The molecule has 268 valence electrons. The van der Waals surface area contributed by atoms with Crippen LogP contribution in [0.1, 0.15) is 74.9 Å². The largest absolute Gasteiger partial charge is 0.469 e. The number of oxazole rings is 2. The Hall–Kier alpha value is -5.88. The molecule has 3 aromatic heterocycles. The number of nitrogens with zero attached hydrogens (tertiary/aromatic N) is 2.